The van der Waals surface area contributed by atoms with Crippen LogP contribution in [0.4, 0.5) is 0 Å². The topological polar surface area (TPSA) is 60.8 Å². The highest BCUT2D eigenvalue weighted by atomic mass is 16.3. The van der Waals surface area contributed by atoms with Gasteiger partial charge in [0, 0.05) is 12.6 Å². The van der Waals surface area contributed by atoms with E-state index in [2.05, 4.69) is 0 Å². The summed E-state index contributed by atoms with van der Waals surface area (Å²) in [6.07, 6.45) is 5.91. The lowest BCUT2D eigenvalue weighted by Crippen LogP contribution is -2.43. The van der Waals surface area contributed by atoms with Gasteiger partial charge < -0.3 is 15.1 Å². The Bertz CT molecular complexity index is 441. The van der Waals surface area contributed by atoms with E-state index in [4.69, 9.17) is 0 Å². The Morgan fingerprint density at radius 1 is 1.25 bits per heavy atom. The summed E-state index contributed by atoms with van der Waals surface area (Å²) >= 11 is 0. The number of phenols is 1. The molecular formula is C16H23NO3. The van der Waals surface area contributed by atoms with Gasteiger partial charge in [0.2, 0.25) is 5.91 Å². The van der Waals surface area contributed by atoms with Gasteiger partial charge in [-0.2, -0.15) is 0 Å². The third kappa shape index (κ3) is 3.97. The number of carbonyl (C=O) groups excluding carboxylic acids is 1. The number of benzene rings is 1. The number of rotatable bonds is 5. The van der Waals surface area contributed by atoms with Gasteiger partial charge in [-0.3, -0.25) is 4.79 Å². The van der Waals surface area contributed by atoms with Crippen LogP contribution in [0, 0.1) is 0 Å². The van der Waals surface area contributed by atoms with Crippen molar-refractivity contribution in [2.24, 2.45) is 0 Å². The number of phenolic OH excluding ortho intramolecular Hbond substituents is 1. The predicted octanol–water partition coefficient (Wildman–Crippen LogP) is 2.09. The zero-order valence-electron chi connectivity index (χ0n) is 11.8. The second kappa shape index (κ2) is 7.29. The maximum atomic E-state index is 12.4. The summed E-state index contributed by atoms with van der Waals surface area (Å²) in [6.45, 7) is 0.407. The van der Waals surface area contributed by atoms with Crippen LogP contribution in [0.15, 0.2) is 24.3 Å². The van der Waals surface area contributed by atoms with E-state index in [-0.39, 0.29) is 30.7 Å². The lowest BCUT2D eigenvalue weighted by Gasteiger charge is -2.34. The molecule has 1 aromatic carbocycles. The Labute approximate surface area is 120 Å². The number of nitrogens with zero attached hydrogens (tertiary/aromatic N) is 1. The van der Waals surface area contributed by atoms with Gasteiger partial charge in [0.1, 0.15) is 5.75 Å². The van der Waals surface area contributed by atoms with Gasteiger partial charge in [-0.25, -0.2) is 0 Å². The van der Waals surface area contributed by atoms with E-state index in [0.29, 0.717) is 6.54 Å². The minimum absolute atomic E-state index is 0.00226. The molecule has 0 heterocycles. The molecule has 0 unspecified atom stereocenters. The first-order valence-electron chi connectivity index (χ1n) is 7.39. The van der Waals surface area contributed by atoms with Crippen LogP contribution in [0.5, 0.6) is 5.75 Å². The lowest BCUT2D eigenvalue weighted by atomic mass is 9.93. The molecule has 4 heteroatoms. The normalized spacial score (nSPS) is 16.1. The Morgan fingerprint density at radius 2 is 2.00 bits per heavy atom. The number of hydrogen-bond donors (Lipinski definition) is 2. The van der Waals surface area contributed by atoms with Crippen LogP contribution in [0.3, 0.4) is 0 Å². The summed E-state index contributed by atoms with van der Waals surface area (Å²) in [5.74, 6) is 0.221. The first kappa shape index (κ1) is 14.9. The summed E-state index contributed by atoms with van der Waals surface area (Å²) in [7, 11) is 0. The van der Waals surface area contributed by atoms with Crippen LogP contribution < -0.4 is 0 Å². The van der Waals surface area contributed by atoms with Gasteiger partial charge in [0.15, 0.2) is 0 Å². The fraction of sp³-hybridized carbons (Fsp3) is 0.562. The second-order valence-corrected chi connectivity index (χ2v) is 5.45. The Balaban J connectivity index is 2.02. The average molecular weight is 277 g/mol. The monoisotopic (exact) mass is 277 g/mol. The van der Waals surface area contributed by atoms with Crippen molar-refractivity contribution in [3.8, 4) is 5.75 Å². The summed E-state index contributed by atoms with van der Waals surface area (Å²) in [5.41, 5.74) is 0.814. The van der Waals surface area contributed by atoms with Crippen LogP contribution in [-0.2, 0) is 11.2 Å². The van der Waals surface area contributed by atoms with Crippen molar-refractivity contribution in [2.75, 3.05) is 13.2 Å². The van der Waals surface area contributed by atoms with Crippen molar-refractivity contribution < 1.29 is 15.0 Å². The zero-order valence-corrected chi connectivity index (χ0v) is 11.8. The molecule has 1 aromatic rings. The molecule has 20 heavy (non-hydrogen) atoms. The van der Waals surface area contributed by atoms with E-state index < -0.39 is 0 Å². The van der Waals surface area contributed by atoms with E-state index in [9.17, 15) is 15.0 Å². The molecule has 0 aliphatic heterocycles. The highest BCUT2D eigenvalue weighted by Crippen LogP contribution is 2.23. The maximum Gasteiger partial charge on any atom is 0.227 e. The van der Waals surface area contributed by atoms with Crippen molar-refractivity contribution in [1.29, 1.82) is 0 Å². The number of aliphatic hydroxyl groups excluding tert-OH is 1. The molecule has 110 valence electrons. The van der Waals surface area contributed by atoms with Gasteiger partial charge in [-0.05, 0) is 30.5 Å². The fourth-order valence-electron chi connectivity index (χ4n) is 2.95. The Hall–Kier alpha value is -1.55. The summed E-state index contributed by atoms with van der Waals surface area (Å²) in [5, 5.41) is 18.6. The third-order valence-electron chi connectivity index (χ3n) is 3.94. The third-order valence-corrected chi connectivity index (χ3v) is 3.94. The fourth-order valence-corrected chi connectivity index (χ4v) is 2.95. The molecule has 1 amide bonds. The smallest absolute Gasteiger partial charge is 0.227 e. The van der Waals surface area contributed by atoms with Crippen LogP contribution in [0.1, 0.15) is 37.7 Å². The van der Waals surface area contributed by atoms with Crippen molar-refractivity contribution in [3.05, 3.63) is 29.8 Å². The molecule has 0 radical (unpaired) electrons. The minimum Gasteiger partial charge on any atom is -0.508 e. The quantitative estimate of drug-likeness (QED) is 0.866. The SMILES string of the molecule is O=C(Cc1cccc(O)c1)N(CCO)C1CCCCC1. The number of hydrogen-bond acceptors (Lipinski definition) is 3. The molecule has 0 spiro atoms. The molecule has 0 aromatic heterocycles. The first-order chi connectivity index (χ1) is 9.70. The second-order valence-electron chi connectivity index (χ2n) is 5.45. The van der Waals surface area contributed by atoms with Gasteiger partial charge in [0.25, 0.3) is 0 Å². The van der Waals surface area contributed by atoms with E-state index in [1.807, 2.05) is 11.0 Å². The molecule has 1 aliphatic carbocycles. The summed E-state index contributed by atoms with van der Waals surface area (Å²) in [4.78, 5) is 14.3. The number of aliphatic hydroxyl groups is 1. The zero-order chi connectivity index (χ0) is 14.4. The molecule has 1 saturated carbocycles. The molecule has 1 aliphatic rings. The number of carbonyl (C=O) groups is 1. The largest absolute Gasteiger partial charge is 0.508 e. The predicted molar refractivity (Wildman–Crippen MR) is 77.5 cm³/mol. The number of aromatic hydroxyl groups is 1. The van der Waals surface area contributed by atoms with Crippen molar-refractivity contribution in [1.82, 2.24) is 4.90 Å². The lowest BCUT2D eigenvalue weighted by molar-refractivity contribution is -0.134. The summed E-state index contributed by atoms with van der Waals surface area (Å²) in [6, 6.07) is 7.07. The van der Waals surface area contributed by atoms with E-state index in [1.165, 1.54) is 6.42 Å². The molecular weight excluding hydrogens is 254 g/mol. The average Bonchev–Trinajstić information content (AvgIpc) is 2.45. The van der Waals surface area contributed by atoms with Crippen LogP contribution in [0.25, 0.3) is 0 Å². The van der Waals surface area contributed by atoms with Crippen LogP contribution in [0.2, 0.25) is 0 Å². The standard InChI is InChI=1S/C16H23NO3/c18-10-9-17(14-6-2-1-3-7-14)16(20)12-13-5-4-8-15(19)11-13/h4-5,8,11,14,18-19H,1-3,6-7,9-10,12H2. The van der Waals surface area contributed by atoms with Gasteiger partial charge in [-0.1, -0.05) is 31.4 Å². The maximum absolute atomic E-state index is 12.4. The Morgan fingerprint density at radius 3 is 2.65 bits per heavy atom. The van der Waals surface area contributed by atoms with Gasteiger partial charge in [-0.15, -0.1) is 0 Å². The summed E-state index contributed by atoms with van der Waals surface area (Å²) < 4.78 is 0. The molecule has 0 bridgehead atoms. The van der Waals surface area contributed by atoms with E-state index in [0.717, 1.165) is 31.2 Å². The molecule has 2 rings (SSSR count). The van der Waals surface area contributed by atoms with Gasteiger partial charge in [0.05, 0.1) is 13.0 Å². The Kier molecular flexibility index (Phi) is 5.41. The van der Waals surface area contributed by atoms with Crippen molar-refractivity contribution in [3.63, 3.8) is 0 Å². The minimum atomic E-state index is 0.00226. The molecule has 0 saturated heterocycles. The van der Waals surface area contributed by atoms with E-state index >= 15 is 0 Å². The highest BCUT2D eigenvalue weighted by Gasteiger charge is 2.24. The van der Waals surface area contributed by atoms with Gasteiger partial charge >= 0.3 is 0 Å². The molecule has 4 nitrogen and oxygen atoms in total. The van der Waals surface area contributed by atoms with Crippen LogP contribution in [-0.4, -0.2) is 40.2 Å². The molecule has 1 fully saturated rings. The van der Waals surface area contributed by atoms with Crippen molar-refractivity contribution >= 4 is 5.91 Å². The highest BCUT2D eigenvalue weighted by molar-refractivity contribution is 5.79. The number of amides is 1. The first-order valence-corrected chi connectivity index (χ1v) is 7.39. The van der Waals surface area contributed by atoms with E-state index in [1.54, 1.807) is 18.2 Å². The molecule has 2 N–H and O–H groups in total. The van der Waals surface area contributed by atoms with Crippen LogP contribution >= 0.6 is 0 Å². The van der Waals surface area contributed by atoms with Crippen molar-refractivity contribution in [2.45, 2.75) is 44.6 Å². The molecule has 0 atom stereocenters.